The summed E-state index contributed by atoms with van der Waals surface area (Å²) in [4.78, 5) is 39.3. The summed E-state index contributed by atoms with van der Waals surface area (Å²) >= 11 is 12.1. The minimum Gasteiger partial charge on any atom is -0.490 e. The van der Waals surface area contributed by atoms with Crippen molar-refractivity contribution in [2.45, 2.75) is 51.7 Å². The summed E-state index contributed by atoms with van der Waals surface area (Å²) in [5, 5.41) is 3.21. The topological polar surface area (TPSA) is 84.9 Å². The Morgan fingerprint density at radius 1 is 0.971 bits per heavy atom. The van der Waals surface area contributed by atoms with Gasteiger partial charge in [0.2, 0.25) is 0 Å². The number of urea groups is 1. The van der Waals surface area contributed by atoms with Gasteiger partial charge in [0.15, 0.2) is 11.5 Å². The molecular weight excluding hydrogens is 491 g/mol. The molecule has 2 aromatic rings. The van der Waals surface area contributed by atoms with E-state index in [-0.39, 0.29) is 18.2 Å². The Balaban J connectivity index is 1.56. The molecule has 35 heavy (non-hydrogen) atoms. The normalized spacial score (nSPS) is 18.1. The Labute approximate surface area is 214 Å². The first kappa shape index (κ1) is 25.1. The lowest BCUT2D eigenvalue weighted by atomic mass is 9.93. The van der Waals surface area contributed by atoms with Crippen molar-refractivity contribution in [1.29, 1.82) is 0 Å². The SMILES string of the molecule is CCOc1cc(C=C2C(=O)NC(=O)N(C3CCCCC3)C2=O)ccc1OCc1ccc(Cl)c(Cl)c1. The number of nitrogens with one attached hydrogen (secondary N) is 1. The molecular formula is C26H26Cl2N2O5. The van der Waals surface area contributed by atoms with Crippen molar-refractivity contribution in [3.63, 3.8) is 0 Å². The summed E-state index contributed by atoms with van der Waals surface area (Å²) < 4.78 is 11.7. The molecule has 0 spiro atoms. The van der Waals surface area contributed by atoms with Crippen molar-refractivity contribution in [2.75, 3.05) is 6.61 Å². The third kappa shape index (κ3) is 5.80. The van der Waals surface area contributed by atoms with Crippen molar-refractivity contribution in [2.24, 2.45) is 0 Å². The van der Waals surface area contributed by atoms with Crippen LogP contribution in [0.3, 0.4) is 0 Å². The molecule has 0 aromatic heterocycles. The molecule has 0 radical (unpaired) electrons. The van der Waals surface area contributed by atoms with E-state index in [2.05, 4.69) is 5.32 Å². The molecule has 0 unspecified atom stereocenters. The molecule has 184 valence electrons. The zero-order valence-corrected chi connectivity index (χ0v) is 20.8. The molecule has 9 heteroatoms. The number of amides is 4. The largest absolute Gasteiger partial charge is 0.490 e. The lowest BCUT2D eigenvalue weighted by Crippen LogP contribution is -2.58. The van der Waals surface area contributed by atoms with E-state index in [1.54, 1.807) is 30.3 Å². The Morgan fingerprint density at radius 2 is 1.74 bits per heavy atom. The smallest absolute Gasteiger partial charge is 0.331 e. The average molecular weight is 517 g/mol. The fourth-order valence-corrected chi connectivity index (χ4v) is 4.62. The van der Waals surface area contributed by atoms with Crippen LogP contribution in [0.1, 0.15) is 50.2 Å². The van der Waals surface area contributed by atoms with E-state index in [0.29, 0.717) is 33.7 Å². The van der Waals surface area contributed by atoms with Crippen molar-refractivity contribution in [3.8, 4) is 11.5 Å². The van der Waals surface area contributed by atoms with Crippen LogP contribution in [0.2, 0.25) is 10.0 Å². The van der Waals surface area contributed by atoms with Crippen molar-refractivity contribution >= 4 is 47.1 Å². The van der Waals surface area contributed by atoms with Gasteiger partial charge >= 0.3 is 6.03 Å². The van der Waals surface area contributed by atoms with Crippen LogP contribution in [-0.4, -0.2) is 35.4 Å². The zero-order chi connectivity index (χ0) is 24.9. The second kappa shape index (κ2) is 11.1. The standard InChI is InChI=1S/C26H26Cl2N2O5/c1-2-34-23-14-16(9-11-22(23)35-15-17-8-10-20(27)21(28)13-17)12-19-24(31)29-26(33)30(25(19)32)18-6-4-3-5-7-18/h8-14,18H,2-7,15H2,1H3,(H,29,31,33). The summed E-state index contributed by atoms with van der Waals surface area (Å²) in [7, 11) is 0. The molecule has 1 heterocycles. The van der Waals surface area contributed by atoms with Gasteiger partial charge in [0.25, 0.3) is 11.8 Å². The van der Waals surface area contributed by atoms with Crippen LogP contribution in [-0.2, 0) is 16.2 Å². The van der Waals surface area contributed by atoms with E-state index in [0.717, 1.165) is 37.7 Å². The highest BCUT2D eigenvalue weighted by molar-refractivity contribution is 6.42. The van der Waals surface area contributed by atoms with Crippen molar-refractivity contribution in [1.82, 2.24) is 10.2 Å². The van der Waals surface area contributed by atoms with E-state index in [1.807, 2.05) is 13.0 Å². The zero-order valence-electron chi connectivity index (χ0n) is 19.3. The number of nitrogens with zero attached hydrogens (tertiary/aromatic N) is 1. The minimum atomic E-state index is -0.704. The highest BCUT2D eigenvalue weighted by Crippen LogP contribution is 2.32. The average Bonchev–Trinajstić information content (AvgIpc) is 2.84. The van der Waals surface area contributed by atoms with Crippen LogP contribution in [0.15, 0.2) is 42.0 Å². The monoisotopic (exact) mass is 516 g/mol. The predicted molar refractivity (Wildman–Crippen MR) is 134 cm³/mol. The molecule has 4 amide bonds. The molecule has 1 aliphatic carbocycles. The van der Waals surface area contributed by atoms with Gasteiger partial charge in [0, 0.05) is 6.04 Å². The maximum atomic E-state index is 13.1. The molecule has 1 N–H and O–H groups in total. The maximum Gasteiger partial charge on any atom is 0.331 e. The number of ether oxygens (including phenoxy) is 2. The fraction of sp³-hybridized carbons (Fsp3) is 0.346. The van der Waals surface area contributed by atoms with Crippen LogP contribution in [0.5, 0.6) is 11.5 Å². The fourth-order valence-electron chi connectivity index (χ4n) is 4.30. The van der Waals surface area contributed by atoms with Gasteiger partial charge < -0.3 is 9.47 Å². The van der Waals surface area contributed by atoms with Gasteiger partial charge in [-0.25, -0.2) is 4.79 Å². The lowest BCUT2D eigenvalue weighted by molar-refractivity contribution is -0.132. The first-order valence-corrected chi connectivity index (χ1v) is 12.4. The van der Waals surface area contributed by atoms with Gasteiger partial charge in [-0.05, 0) is 61.2 Å². The molecule has 0 bridgehead atoms. The van der Waals surface area contributed by atoms with Gasteiger partial charge in [-0.15, -0.1) is 0 Å². The number of rotatable bonds is 7. The van der Waals surface area contributed by atoms with Gasteiger partial charge in [-0.3, -0.25) is 19.8 Å². The lowest BCUT2D eigenvalue weighted by Gasteiger charge is -2.35. The highest BCUT2D eigenvalue weighted by Gasteiger charge is 2.40. The first-order valence-electron chi connectivity index (χ1n) is 11.6. The molecule has 2 aliphatic rings. The molecule has 1 aliphatic heterocycles. The molecule has 2 fully saturated rings. The Bertz CT molecular complexity index is 1170. The summed E-state index contributed by atoms with van der Waals surface area (Å²) in [5.74, 6) is -0.308. The summed E-state index contributed by atoms with van der Waals surface area (Å²) in [6.45, 7) is 2.49. The van der Waals surface area contributed by atoms with Gasteiger partial charge in [0.05, 0.1) is 16.7 Å². The quantitative estimate of drug-likeness (QED) is 0.373. The van der Waals surface area contributed by atoms with Crippen LogP contribution in [0, 0.1) is 0 Å². The van der Waals surface area contributed by atoms with Crippen LogP contribution in [0.4, 0.5) is 4.79 Å². The highest BCUT2D eigenvalue weighted by atomic mass is 35.5. The first-order chi connectivity index (χ1) is 16.9. The third-order valence-corrected chi connectivity index (χ3v) is 6.77. The van der Waals surface area contributed by atoms with Gasteiger partial charge in [-0.1, -0.05) is 54.6 Å². The van der Waals surface area contributed by atoms with Crippen LogP contribution < -0.4 is 14.8 Å². The van der Waals surface area contributed by atoms with E-state index < -0.39 is 17.8 Å². The second-order valence-electron chi connectivity index (χ2n) is 8.46. The van der Waals surface area contributed by atoms with Gasteiger partial charge in [0.1, 0.15) is 12.2 Å². The molecule has 4 rings (SSSR count). The number of carbonyl (C=O) groups excluding carboxylic acids is 3. The Hall–Kier alpha value is -3.03. The minimum absolute atomic E-state index is 0.0814. The Morgan fingerprint density at radius 3 is 2.46 bits per heavy atom. The van der Waals surface area contributed by atoms with Crippen molar-refractivity contribution in [3.05, 3.63) is 63.1 Å². The summed E-state index contributed by atoms with van der Waals surface area (Å²) in [6, 6.07) is 9.55. The number of barbiturate groups is 1. The number of benzene rings is 2. The predicted octanol–water partition coefficient (Wildman–Crippen LogP) is 5.77. The number of imide groups is 2. The maximum absolute atomic E-state index is 13.1. The molecule has 2 aromatic carbocycles. The van der Waals surface area contributed by atoms with E-state index in [4.69, 9.17) is 32.7 Å². The number of halogens is 2. The number of hydrogen-bond donors (Lipinski definition) is 1. The molecule has 7 nitrogen and oxygen atoms in total. The van der Waals surface area contributed by atoms with Gasteiger partial charge in [-0.2, -0.15) is 0 Å². The molecule has 1 saturated heterocycles. The van der Waals surface area contributed by atoms with E-state index in [9.17, 15) is 14.4 Å². The third-order valence-electron chi connectivity index (χ3n) is 6.03. The summed E-state index contributed by atoms with van der Waals surface area (Å²) in [6.07, 6.45) is 5.97. The Kier molecular flexibility index (Phi) is 7.98. The number of carbonyl (C=O) groups is 3. The molecule has 0 atom stereocenters. The second-order valence-corrected chi connectivity index (χ2v) is 9.27. The van der Waals surface area contributed by atoms with Crippen LogP contribution in [0.25, 0.3) is 6.08 Å². The van der Waals surface area contributed by atoms with E-state index in [1.165, 1.54) is 11.0 Å². The number of hydrogen-bond acceptors (Lipinski definition) is 5. The molecule has 1 saturated carbocycles. The summed E-state index contributed by atoms with van der Waals surface area (Å²) in [5.41, 5.74) is 1.33. The van der Waals surface area contributed by atoms with E-state index >= 15 is 0 Å². The van der Waals surface area contributed by atoms with Crippen LogP contribution >= 0.6 is 23.2 Å². The van der Waals surface area contributed by atoms with Crippen molar-refractivity contribution < 1.29 is 23.9 Å².